The average Bonchev–Trinajstić information content (AvgIpc) is 2.94. The number of nitrogens with two attached hydrogens (primary N) is 2. The van der Waals surface area contributed by atoms with Gasteiger partial charge in [0.15, 0.2) is 0 Å². The van der Waals surface area contributed by atoms with Gasteiger partial charge in [0.1, 0.15) is 0 Å². The molecular formula is C14H19N3. The van der Waals surface area contributed by atoms with Gasteiger partial charge in [-0.25, -0.2) is 0 Å². The fourth-order valence-corrected chi connectivity index (χ4v) is 4.55. The zero-order valence-electron chi connectivity index (χ0n) is 9.95. The third kappa shape index (κ3) is 1.12. The summed E-state index contributed by atoms with van der Waals surface area (Å²) >= 11 is 0. The molecule has 0 unspecified atom stereocenters. The van der Waals surface area contributed by atoms with Crippen molar-refractivity contribution in [2.75, 3.05) is 23.3 Å². The molecule has 90 valence electrons. The number of anilines is 3. The summed E-state index contributed by atoms with van der Waals surface area (Å²) in [5.41, 5.74) is 16.3. The lowest BCUT2D eigenvalue weighted by atomic mass is 9.72. The summed E-state index contributed by atoms with van der Waals surface area (Å²) < 4.78 is 0. The van der Waals surface area contributed by atoms with Crippen LogP contribution in [0.2, 0.25) is 0 Å². The first-order chi connectivity index (χ1) is 8.25. The van der Waals surface area contributed by atoms with Crippen LogP contribution in [0, 0.1) is 17.8 Å². The Morgan fingerprint density at radius 2 is 1.94 bits per heavy atom. The Morgan fingerprint density at radius 1 is 1.12 bits per heavy atom. The molecule has 1 aromatic rings. The van der Waals surface area contributed by atoms with E-state index in [4.69, 9.17) is 11.5 Å². The van der Waals surface area contributed by atoms with Crippen LogP contribution in [0.5, 0.6) is 0 Å². The minimum Gasteiger partial charge on any atom is -0.397 e. The summed E-state index contributed by atoms with van der Waals surface area (Å²) in [6, 6.07) is 4.03. The largest absolute Gasteiger partial charge is 0.397 e. The molecule has 0 amide bonds. The van der Waals surface area contributed by atoms with Crippen molar-refractivity contribution in [1.82, 2.24) is 0 Å². The molecule has 2 saturated carbocycles. The maximum Gasteiger partial charge on any atom is 0.0604 e. The van der Waals surface area contributed by atoms with Gasteiger partial charge in [0.2, 0.25) is 0 Å². The van der Waals surface area contributed by atoms with Gasteiger partial charge in [-0.3, -0.25) is 0 Å². The van der Waals surface area contributed by atoms with Crippen LogP contribution in [-0.4, -0.2) is 6.54 Å². The predicted molar refractivity (Wildman–Crippen MR) is 70.8 cm³/mol. The number of fused-ring (bicyclic) bond motifs is 7. The Kier molecular flexibility index (Phi) is 1.75. The molecule has 1 heterocycles. The van der Waals surface area contributed by atoms with Crippen molar-refractivity contribution in [3.8, 4) is 0 Å². The van der Waals surface area contributed by atoms with Crippen LogP contribution in [0.3, 0.4) is 0 Å². The quantitative estimate of drug-likeness (QED) is 0.599. The number of benzene rings is 1. The van der Waals surface area contributed by atoms with E-state index in [1.54, 1.807) is 0 Å². The Hall–Kier alpha value is -1.38. The van der Waals surface area contributed by atoms with E-state index in [0.29, 0.717) is 5.92 Å². The maximum absolute atomic E-state index is 6.23. The second-order valence-corrected chi connectivity index (χ2v) is 5.93. The van der Waals surface area contributed by atoms with Crippen LogP contribution in [0.15, 0.2) is 12.1 Å². The number of hydrogen-bond acceptors (Lipinski definition) is 3. The third-order valence-electron chi connectivity index (χ3n) is 5.27. The molecule has 2 fully saturated rings. The molecule has 4 atom stereocenters. The number of nitrogens with one attached hydrogen (secondary N) is 1. The van der Waals surface area contributed by atoms with Crippen molar-refractivity contribution in [3.63, 3.8) is 0 Å². The Labute approximate surface area is 102 Å². The Bertz CT molecular complexity index is 483. The van der Waals surface area contributed by atoms with Crippen LogP contribution in [0.4, 0.5) is 17.1 Å². The van der Waals surface area contributed by atoms with E-state index >= 15 is 0 Å². The van der Waals surface area contributed by atoms with Crippen molar-refractivity contribution in [2.45, 2.75) is 25.2 Å². The Balaban J connectivity index is 1.89. The van der Waals surface area contributed by atoms with Crippen LogP contribution < -0.4 is 16.8 Å². The molecule has 3 nitrogen and oxygen atoms in total. The van der Waals surface area contributed by atoms with Crippen molar-refractivity contribution in [1.29, 1.82) is 0 Å². The fourth-order valence-electron chi connectivity index (χ4n) is 4.55. The molecular weight excluding hydrogens is 210 g/mol. The Morgan fingerprint density at radius 3 is 2.82 bits per heavy atom. The van der Waals surface area contributed by atoms with Crippen LogP contribution in [-0.2, 0) is 0 Å². The van der Waals surface area contributed by atoms with Crippen LogP contribution in [0.1, 0.15) is 30.7 Å². The molecule has 4 rings (SSSR count). The van der Waals surface area contributed by atoms with E-state index in [0.717, 1.165) is 35.7 Å². The van der Waals surface area contributed by atoms with E-state index in [1.165, 1.54) is 30.5 Å². The first kappa shape index (κ1) is 9.63. The molecule has 0 saturated heterocycles. The van der Waals surface area contributed by atoms with Gasteiger partial charge in [-0.1, -0.05) is 0 Å². The maximum atomic E-state index is 6.23. The lowest BCUT2D eigenvalue weighted by Gasteiger charge is -2.38. The zero-order valence-corrected chi connectivity index (χ0v) is 9.95. The summed E-state index contributed by atoms with van der Waals surface area (Å²) in [5, 5.41) is 3.55. The van der Waals surface area contributed by atoms with E-state index < -0.39 is 0 Å². The monoisotopic (exact) mass is 229 g/mol. The van der Waals surface area contributed by atoms with Gasteiger partial charge in [0.25, 0.3) is 0 Å². The molecule has 2 bridgehead atoms. The highest BCUT2D eigenvalue weighted by Gasteiger charge is 2.50. The summed E-state index contributed by atoms with van der Waals surface area (Å²) in [4.78, 5) is 0. The molecule has 3 heteroatoms. The van der Waals surface area contributed by atoms with Gasteiger partial charge < -0.3 is 16.8 Å². The van der Waals surface area contributed by atoms with Crippen LogP contribution in [0.25, 0.3) is 0 Å². The van der Waals surface area contributed by atoms with Gasteiger partial charge >= 0.3 is 0 Å². The predicted octanol–water partition coefficient (Wildman–Crippen LogP) is 2.41. The molecule has 1 aliphatic heterocycles. The van der Waals surface area contributed by atoms with Crippen molar-refractivity contribution in [2.24, 2.45) is 17.8 Å². The topological polar surface area (TPSA) is 64.1 Å². The number of nitrogen functional groups attached to an aromatic ring is 2. The van der Waals surface area contributed by atoms with Crippen molar-refractivity contribution < 1.29 is 0 Å². The molecule has 0 spiro atoms. The van der Waals surface area contributed by atoms with E-state index in [9.17, 15) is 0 Å². The van der Waals surface area contributed by atoms with E-state index in [-0.39, 0.29) is 0 Å². The van der Waals surface area contributed by atoms with E-state index in [2.05, 4.69) is 11.4 Å². The molecule has 0 radical (unpaired) electrons. The minimum atomic E-state index is 0.675. The molecule has 2 aliphatic carbocycles. The molecule has 1 aromatic carbocycles. The smallest absolute Gasteiger partial charge is 0.0604 e. The standard InChI is InChI=1S/C14H19N3/c15-10-3-4-11-13(14(10)16)12-8-2-1-7(5-8)9(12)6-17-11/h3-4,7-9,12,17H,1-2,5-6,15-16H2/t7-,8+,9+,12-/m0/s1. The number of hydrogen-bond donors (Lipinski definition) is 3. The third-order valence-corrected chi connectivity index (χ3v) is 5.27. The second-order valence-electron chi connectivity index (χ2n) is 5.93. The lowest BCUT2D eigenvalue weighted by Crippen LogP contribution is -2.32. The molecule has 17 heavy (non-hydrogen) atoms. The minimum absolute atomic E-state index is 0.675. The lowest BCUT2D eigenvalue weighted by molar-refractivity contribution is 0.295. The zero-order chi connectivity index (χ0) is 11.6. The van der Waals surface area contributed by atoms with Crippen LogP contribution >= 0.6 is 0 Å². The highest BCUT2D eigenvalue weighted by Crippen LogP contribution is 2.60. The van der Waals surface area contributed by atoms with Gasteiger partial charge in [0.05, 0.1) is 11.4 Å². The van der Waals surface area contributed by atoms with Crippen molar-refractivity contribution in [3.05, 3.63) is 17.7 Å². The summed E-state index contributed by atoms with van der Waals surface area (Å²) in [7, 11) is 0. The summed E-state index contributed by atoms with van der Waals surface area (Å²) in [6.45, 7) is 1.13. The second kappa shape index (κ2) is 3.09. The van der Waals surface area contributed by atoms with Gasteiger partial charge in [-0.2, -0.15) is 0 Å². The van der Waals surface area contributed by atoms with Gasteiger partial charge in [0, 0.05) is 17.8 Å². The highest BCUT2D eigenvalue weighted by atomic mass is 14.9. The molecule has 0 aromatic heterocycles. The van der Waals surface area contributed by atoms with Gasteiger partial charge in [-0.05, 0) is 55.1 Å². The van der Waals surface area contributed by atoms with Crippen molar-refractivity contribution >= 4 is 17.1 Å². The first-order valence-corrected chi connectivity index (χ1v) is 6.67. The average molecular weight is 229 g/mol. The van der Waals surface area contributed by atoms with Gasteiger partial charge in [-0.15, -0.1) is 0 Å². The highest BCUT2D eigenvalue weighted by molar-refractivity contribution is 5.77. The summed E-state index contributed by atoms with van der Waals surface area (Å²) in [5.74, 6) is 3.25. The number of rotatable bonds is 0. The fraction of sp³-hybridized carbons (Fsp3) is 0.571. The normalized spacial score (nSPS) is 37.4. The molecule has 5 N–H and O–H groups in total. The van der Waals surface area contributed by atoms with E-state index in [1.807, 2.05) is 6.07 Å². The SMILES string of the molecule is Nc1ccc2c(c1N)[C@H]1[C@@H]3CC[C@@H](C3)[C@H]1CN2. The first-order valence-electron chi connectivity index (χ1n) is 6.67. The molecule has 3 aliphatic rings. The summed E-state index contributed by atoms with van der Waals surface area (Å²) in [6.07, 6.45) is 4.22.